The summed E-state index contributed by atoms with van der Waals surface area (Å²) in [4.78, 5) is 37.1. The molecule has 26 heavy (non-hydrogen) atoms. The maximum atomic E-state index is 12.1. The molecule has 8 nitrogen and oxygen atoms in total. The van der Waals surface area contributed by atoms with Crippen molar-refractivity contribution < 1.29 is 23.9 Å². The second-order valence-electron chi connectivity index (χ2n) is 6.33. The zero-order chi connectivity index (χ0) is 19.3. The van der Waals surface area contributed by atoms with Gasteiger partial charge in [-0.25, -0.2) is 4.79 Å². The van der Waals surface area contributed by atoms with Crippen molar-refractivity contribution in [1.29, 1.82) is 0 Å². The molecule has 1 amide bonds. The second kappa shape index (κ2) is 8.64. The van der Waals surface area contributed by atoms with E-state index < -0.39 is 5.97 Å². The van der Waals surface area contributed by atoms with Crippen molar-refractivity contribution in [2.24, 2.45) is 13.0 Å². The highest BCUT2D eigenvalue weighted by atomic mass is 16.5. The third-order valence-corrected chi connectivity index (χ3v) is 4.67. The number of ether oxygens (including phenoxy) is 2. The van der Waals surface area contributed by atoms with E-state index in [4.69, 9.17) is 9.47 Å². The van der Waals surface area contributed by atoms with Gasteiger partial charge in [0.05, 0.1) is 18.7 Å². The van der Waals surface area contributed by atoms with Crippen molar-refractivity contribution in [2.75, 3.05) is 26.8 Å². The van der Waals surface area contributed by atoms with E-state index in [9.17, 15) is 14.4 Å². The molecule has 1 aliphatic heterocycles. The van der Waals surface area contributed by atoms with E-state index in [0.29, 0.717) is 25.9 Å². The normalized spacial score (nSPS) is 15.3. The van der Waals surface area contributed by atoms with Gasteiger partial charge in [-0.1, -0.05) is 0 Å². The van der Waals surface area contributed by atoms with Crippen LogP contribution in [-0.2, 0) is 30.9 Å². The fraction of sp³-hybridized carbons (Fsp3) is 0.556. The van der Waals surface area contributed by atoms with Gasteiger partial charge in [0, 0.05) is 37.5 Å². The number of hydrogen-bond acceptors (Lipinski definition) is 6. The number of likely N-dealkylation sites (tertiary alicyclic amines) is 1. The Hall–Kier alpha value is -2.64. The van der Waals surface area contributed by atoms with Gasteiger partial charge in [-0.3, -0.25) is 14.3 Å². The highest BCUT2D eigenvalue weighted by Gasteiger charge is 2.28. The van der Waals surface area contributed by atoms with Crippen molar-refractivity contribution in [1.82, 2.24) is 14.7 Å². The Morgan fingerprint density at radius 1 is 1.23 bits per heavy atom. The highest BCUT2D eigenvalue weighted by molar-refractivity contribution is 5.89. The molecule has 0 saturated carbocycles. The first-order valence-corrected chi connectivity index (χ1v) is 8.54. The predicted octanol–water partition coefficient (Wildman–Crippen LogP) is 1.00. The summed E-state index contributed by atoms with van der Waals surface area (Å²) < 4.78 is 11.5. The van der Waals surface area contributed by atoms with E-state index in [0.717, 1.165) is 17.0 Å². The summed E-state index contributed by atoms with van der Waals surface area (Å²) in [5.74, 6) is -1.25. The van der Waals surface area contributed by atoms with Gasteiger partial charge in [-0.05, 0) is 32.8 Å². The molecule has 142 valence electrons. The molecule has 0 N–H and O–H groups in total. The summed E-state index contributed by atoms with van der Waals surface area (Å²) >= 11 is 0. The zero-order valence-corrected chi connectivity index (χ0v) is 15.7. The summed E-state index contributed by atoms with van der Waals surface area (Å²) in [5, 5.41) is 4.27. The van der Waals surface area contributed by atoms with Crippen LogP contribution in [0.15, 0.2) is 6.08 Å². The van der Waals surface area contributed by atoms with Gasteiger partial charge in [0.2, 0.25) is 0 Å². The number of carbonyl (C=O) groups is 3. The average molecular weight is 363 g/mol. The van der Waals surface area contributed by atoms with E-state index in [1.165, 1.54) is 13.2 Å². The summed E-state index contributed by atoms with van der Waals surface area (Å²) in [6.07, 6.45) is 4.07. The van der Waals surface area contributed by atoms with Crippen molar-refractivity contribution in [2.45, 2.75) is 26.7 Å². The SMILES string of the molecule is COC(=O)C1CCN(C(=O)COC(=O)/C=C/c2c(C)nn(C)c2C)CC1. The molecule has 0 bridgehead atoms. The lowest BCUT2D eigenvalue weighted by Crippen LogP contribution is -2.42. The summed E-state index contributed by atoms with van der Waals surface area (Å²) in [6, 6.07) is 0. The summed E-state index contributed by atoms with van der Waals surface area (Å²) in [7, 11) is 3.20. The fourth-order valence-electron chi connectivity index (χ4n) is 2.99. The number of carbonyl (C=O) groups excluding carboxylic acids is 3. The molecule has 1 aliphatic rings. The fourth-order valence-corrected chi connectivity index (χ4v) is 2.99. The Balaban J connectivity index is 1.79. The van der Waals surface area contributed by atoms with Gasteiger partial charge in [-0.15, -0.1) is 0 Å². The van der Waals surface area contributed by atoms with Crippen LogP contribution in [0, 0.1) is 19.8 Å². The Labute approximate surface area is 152 Å². The minimum absolute atomic E-state index is 0.166. The number of methoxy groups -OCH3 is 1. The molecule has 2 rings (SSSR count). The number of nitrogens with zero attached hydrogens (tertiary/aromatic N) is 3. The van der Waals surface area contributed by atoms with Gasteiger partial charge in [0.25, 0.3) is 5.91 Å². The number of hydrogen-bond donors (Lipinski definition) is 0. The van der Waals surface area contributed by atoms with Crippen molar-refractivity contribution in [3.8, 4) is 0 Å². The van der Waals surface area contributed by atoms with Crippen molar-refractivity contribution in [3.63, 3.8) is 0 Å². The van der Waals surface area contributed by atoms with Crippen LogP contribution in [0.1, 0.15) is 29.8 Å². The minimum Gasteiger partial charge on any atom is -0.469 e. The molecule has 1 aromatic rings. The van der Waals surface area contributed by atoms with Crippen LogP contribution in [0.5, 0.6) is 0 Å². The number of amides is 1. The van der Waals surface area contributed by atoms with Gasteiger partial charge < -0.3 is 14.4 Å². The van der Waals surface area contributed by atoms with Gasteiger partial charge >= 0.3 is 11.9 Å². The Kier molecular flexibility index (Phi) is 6.54. The molecule has 0 atom stereocenters. The van der Waals surface area contributed by atoms with Gasteiger partial charge in [-0.2, -0.15) is 5.10 Å². The number of rotatable bonds is 5. The van der Waals surface area contributed by atoms with Gasteiger partial charge in [0.15, 0.2) is 6.61 Å². The Morgan fingerprint density at radius 2 is 1.88 bits per heavy atom. The maximum absolute atomic E-state index is 12.1. The van der Waals surface area contributed by atoms with Crippen molar-refractivity contribution in [3.05, 3.63) is 23.0 Å². The topological polar surface area (TPSA) is 90.7 Å². The van der Waals surface area contributed by atoms with Crippen LogP contribution >= 0.6 is 0 Å². The molecular formula is C18H25N3O5. The molecule has 8 heteroatoms. The minimum atomic E-state index is -0.578. The van der Waals surface area contributed by atoms with Crippen LogP contribution in [0.25, 0.3) is 6.08 Å². The number of aromatic nitrogens is 2. The van der Waals surface area contributed by atoms with Crippen LogP contribution in [-0.4, -0.2) is 59.3 Å². The average Bonchev–Trinajstić information content (AvgIpc) is 2.89. The van der Waals surface area contributed by atoms with E-state index in [2.05, 4.69) is 5.10 Å². The van der Waals surface area contributed by atoms with Crippen LogP contribution in [0.3, 0.4) is 0 Å². The molecule has 2 heterocycles. The highest BCUT2D eigenvalue weighted by Crippen LogP contribution is 2.18. The monoisotopic (exact) mass is 363 g/mol. The van der Waals surface area contributed by atoms with Crippen LogP contribution in [0.2, 0.25) is 0 Å². The quantitative estimate of drug-likeness (QED) is 0.573. The lowest BCUT2D eigenvalue weighted by atomic mass is 9.97. The summed E-state index contributed by atoms with van der Waals surface area (Å²) in [6.45, 7) is 4.38. The molecule has 1 saturated heterocycles. The zero-order valence-electron chi connectivity index (χ0n) is 15.7. The van der Waals surface area contributed by atoms with E-state index in [1.54, 1.807) is 15.7 Å². The van der Waals surface area contributed by atoms with E-state index in [-0.39, 0.29) is 24.4 Å². The lowest BCUT2D eigenvalue weighted by Gasteiger charge is -2.30. The van der Waals surface area contributed by atoms with Crippen molar-refractivity contribution >= 4 is 23.9 Å². The molecule has 0 unspecified atom stereocenters. The molecule has 1 aromatic heterocycles. The molecule has 0 spiro atoms. The molecule has 0 aliphatic carbocycles. The molecule has 0 aromatic carbocycles. The maximum Gasteiger partial charge on any atom is 0.331 e. The lowest BCUT2D eigenvalue weighted by molar-refractivity contribution is -0.151. The third kappa shape index (κ3) is 4.71. The van der Waals surface area contributed by atoms with E-state index >= 15 is 0 Å². The Morgan fingerprint density at radius 3 is 2.42 bits per heavy atom. The standard InChI is InChI=1S/C18H25N3O5/c1-12-15(13(2)20(3)19-12)5-6-17(23)26-11-16(22)21-9-7-14(8-10-21)18(24)25-4/h5-6,14H,7-11H2,1-4H3/b6-5+. The molecular weight excluding hydrogens is 338 g/mol. The largest absolute Gasteiger partial charge is 0.469 e. The van der Waals surface area contributed by atoms with Crippen LogP contribution in [0.4, 0.5) is 0 Å². The smallest absolute Gasteiger partial charge is 0.331 e. The van der Waals surface area contributed by atoms with Gasteiger partial charge in [0.1, 0.15) is 0 Å². The number of aryl methyl sites for hydroxylation is 2. The number of esters is 2. The number of piperidine rings is 1. The first-order chi connectivity index (χ1) is 12.3. The molecule has 1 fully saturated rings. The third-order valence-electron chi connectivity index (χ3n) is 4.67. The summed E-state index contributed by atoms with van der Waals surface area (Å²) in [5.41, 5.74) is 2.62. The van der Waals surface area contributed by atoms with E-state index in [1.807, 2.05) is 20.9 Å². The van der Waals surface area contributed by atoms with Crippen LogP contribution < -0.4 is 0 Å². The first-order valence-electron chi connectivity index (χ1n) is 8.54. The predicted molar refractivity (Wildman–Crippen MR) is 94.0 cm³/mol. The first kappa shape index (κ1) is 19.7. The second-order valence-corrected chi connectivity index (χ2v) is 6.33. The Bertz CT molecular complexity index is 715. The molecule has 0 radical (unpaired) electrons.